The zero-order valence-electron chi connectivity index (χ0n) is 12.2. The molecule has 0 saturated carbocycles. The summed E-state index contributed by atoms with van der Waals surface area (Å²) >= 11 is 5.72. The molecule has 2 aromatic rings. The van der Waals surface area contributed by atoms with E-state index in [0.29, 0.717) is 5.02 Å². The third-order valence-corrected chi connectivity index (χ3v) is 2.56. The van der Waals surface area contributed by atoms with Crippen molar-refractivity contribution in [2.24, 2.45) is 4.99 Å². The molecule has 7 nitrogen and oxygen atoms in total. The Morgan fingerprint density at radius 1 is 1.30 bits per heavy atom. The van der Waals surface area contributed by atoms with Crippen LogP contribution in [0.25, 0.3) is 0 Å². The molecule has 0 radical (unpaired) electrons. The summed E-state index contributed by atoms with van der Waals surface area (Å²) in [5.74, 6) is -0.781. The molecule has 0 fully saturated rings. The van der Waals surface area contributed by atoms with Gasteiger partial charge in [0.2, 0.25) is 0 Å². The smallest absolute Gasteiger partial charge is 0.395 e. The van der Waals surface area contributed by atoms with E-state index in [1.807, 2.05) is 0 Å². The molecule has 1 aromatic heterocycles. The van der Waals surface area contributed by atoms with E-state index in [9.17, 15) is 9.18 Å². The summed E-state index contributed by atoms with van der Waals surface area (Å²) in [6.07, 6.45) is 1.13. The molecule has 0 atom stereocenters. The molecule has 1 heterocycles. The Kier molecular flexibility index (Phi) is 5.42. The number of hydrogen-bond donors (Lipinski definition) is 0. The highest BCUT2D eigenvalue weighted by molar-refractivity contribution is 6.30. The largest absolute Gasteiger partial charge is 0.521 e. The minimum absolute atomic E-state index is 0.229. The van der Waals surface area contributed by atoms with Crippen molar-refractivity contribution in [3.63, 3.8) is 0 Å². The molecule has 120 valence electrons. The van der Waals surface area contributed by atoms with Crippen LogP contribution >= 0.6 is 11.6 Å². The van der Waals surface area contributed by atoms with Crippen molar-refractivity contribution in [3.8, 4) is 11.8 Å². The summed E-state index contributed by atoms with van der Waals surface area (Å²) in [6, 6.07) is 5.69. The molecule has 0 spiro atoms. The van der Waals surface area contributed by atoms with Crippen LogP contribution in [0.2, 0.25) is 5.02 Å². The monoisotopic (exact) mass is 338 g/mol. The fourth-order valence-corrected chi connectivity index (χ4v) is 1.47. The fourth-order valence-electron chi connectivity index (χ4n) is 1.35. The standard InChI is InChI=1S/C14H12ClFN4O3/c1-20(2)8-18-12-11(16)7-17-13(19-12)23-14(21)22-10-5-3-9(15)4-6-10/h3-8H,1-2H3/b18-8+. The number of halogens is 2. The highest BCUT2D eigenvalue weighted by atomic mass is 35.5. The summed E-state index contributed by atoms with van der Waals surface area (Å²) in [7, 11) is 3.42. The molecular formula is C14H12ClFN4O3. The van der Waals surface area contributed by atoms with Crippen molar-refractivity contribution in [3.05, 3.63) is 41.3 Å². The van der Waals surface area contributed by atoms with Gasteiger partial charge in [-0.3, -0.25) is 0 Å². The number of hydrogen-bond acceptors (Lipinski definition) is 6. The van der Waals surface area contributed by atoms with Crippen molar-refractivity contribution in [1.82, 2.24) is 14.9 Å². The maximum absolute atomic E-state index is 13.5. The molecule has 1 aromatic carbocycles. The molecule has 0 unspecified atom stereocenters. The third kappa shape index (κ3) is 5.19. The Hall–Kier alpha value is -2.74. The zero-order chi connectivity index (χ0) is 16.8. The van der Waals surface area contributed by atoms with E-state index in [0.717, 1.165) is 6.20 Å². The summed E-state index contributed by atoms with van der Waals surface area (Å²) < 4.78 is 23.2. The lowest BCUT2D eigenvalue weighted by atomic mass is 10.3. The van der Waals surface area contributed by atoms with Crippen LogP contribution in [0, 0.1) is 5.82 Å². The maximum Gasteiger partial charge on any atom is 0.521 e. The fraction of sp³-hybridized carbons (Fsp3) is 0.143. The van der Waals surface area contributed by atoms with Crippen LogP contribution in [0.15, 0.2) is 35.5 Å². The first-order valence-electron chi connectivity index (χ1n) is 6.32. The van der Waals surface area contributed by atoms with Gasteiger partial charge in [-0.15, -0.1) is 0 Å². The van der Waals surface area contributed by atoms with Crippen molar-refractivity contribution < 1.29 is 18.7 Å². The summed E-state index contributed by atoms with van der Waals surface area (Å²) in [6.45, 7) is 0. The van der Waals surface area contributed by atoms with Crippen LogP contribution in [-0.2, 0) is 0 Å². The topological polar surface area (TPSA) is 76.9 Å². The summed E-state index contributed by atoms with van der Waals surface area (Å²) in [4.78, 5) is 24.2. The number of carbonyl (C=O) groups is 1. The number of aliphatic imine (C=N–C) groups is 1. The van der Waals surface area contributed by atoms with Gasteiger partial charge in [-0.1, -0.05) is 11.6 Å². The second-order valence-electron chi connectivity index (χ2n) is 4.44. The van der Waals surface area contributed by atoms with Gasteiger partial charge in [-0.25, -0.2) is 19.2 Å². The van der Waals surface area contributed by atoms with E-state index in [1.54, 1.807) is 31.1 Å². The number of benzene rings is 1. The molecule has 0 aliphatic carbocycles. The second-order valence-corrected chi connectivity index (χ2v) is 4.88. The highest BCUT2D eigenvalue weighted by Gasteiger charge is 2.13. The minimum Gasteiger partial charge on any atom is -0.395 e. The van der Waals surface area contributed by atoms with Crippen LogP contribution < -0.4 is 9.47 Å². The average molecular weight is 339 g/mol. The molecule has 9 heteroatoms. The number of nitrogens with zero attached hydrogens (tertiary/aromatic N) is 4. The van der Waals surface area contributed by atoms with Crippen LogP contribution in [0.5, 0.6) is 11.8 Å². The Morgan fingerprint density at radius 2 is 2.00 bits per heavy atom. The van der Waals surface area contributed by atoms with Gasteiger partial charge >= 0.3 is 12.2 Å². The van der Waals surface area contributed by atoms with Gasteiger partial charge in [0.1, 0.15) is 5.75 Å². The molecular weight excluding hydrogens is 327 g/mol. The first-order valence-corrected chi connectivity index (χ1v) is 6.70. The lowest BCUT2D eigenvalue weighted by molar-refractivity contribution is 0.147. The van der Waals surface area contributed by atoms with Crippen LogP contribution in [0.3, 0.4) is 0 Å². The van der Waals surface area contributed by atoms with E-state index in [1.165, 1.54) is 18.5 Å². The Balaban J connectivity index is 2.05. The summed E-state index contributed by atoms with van der Waals surface area (Å²) in [5.41, 5.74) is 0. The first kappa shape index (κ1) is 16.6. The Bertz CT molecular complexity index is 722. The molecule has 0 saturated heterocycles. The minimum atomic E-state index is -1.07. The van der Waals surface area contributed by atoms with Crippen molar-refractivity contribution in [2.75, 3.05) is 14.1 Å². The van der Waals surface area contributed by atoms with Crippen molar-refractivity contribution >= 4 is 29.9 Å². The van der Waals surface area contributed by atoms with Crippen LogP contribution in [0.4, 0.5) is 15.0 Å². The molecule has 2 rings (SSSR count). The van der Waals surface area contributed by atoms with Crippen molar-refractivity contribution in [2.45, 2.75) is 0 Å². The normalized spacial score (nSPS) is 10.6. The first-order chi connectivity index (χ1) is 10.9. The van der Waals surface area contributed by atoms with E-state index in [4.69, 9.17) is 21.1 Å². The predicted octanol–water partition coefficient (Wildman–Crippen LogP) is 3.07. The predicted molar refractivity (Wildman–Crippen MR) is 81.9 cm³/mol. The van der Waals surface area contributed by atoms with Gasteiger partial charge < -0.3 is 14.4 Å². The number of carbonyl (C=O) groups excluding carboxylic acids is 1. The van der Waals surface area contributed by atoms with E-state index in [2.05, 4.69) is 15.0 Å². The SMILES string of the molecule is CN(C)/C=N/c1nc(OC(=O)Oc2ccc(Cl)cc2)ncc1F. The highest BCUT2D eigenvalue weighted by Crippen LogP contribution is 2.18. The van der Waals surface area contributed by atoms with Gasteiger partial charge in [0, 0.05) is 19.1 Å². The quantitative estimate of drug-likeness (QED) is 0.369. The van der Waals surface area contributed by atoms with Gasteiger partial charge in [0.05, 0.1) is 12.5 Å². The maximum atomic E-state index is 13.5. The van der Waals surface area contributed by atoms with Gasteiger partial charge in [0.25, 0.3) is 0 Å². The Labute approximate surface area is 136 Å². The van der Waals surface area contributed by atoms with Crippen molar-refractivity contribution in [1.29, 1.82) is 0 Å². The molecule has 0 amide bonds. The molecule has 23 heavy (non-hydrogen) atoms. The third-order valence-electron chi connectivity index (χ3n) is 2.30. The van der Waals surface area contributed by atoms with Gasteiger partial charge in [-0.05, 0) is 24.3 Å². The summed E-state index contributed by atoms with van der Waals surface area (Å²) in [5, 5.41) is 0.496. The number of aromatic nitrogens is 2. The molecule has 0 aliphatic rings. The second kappa shape index (κ2) is 7.50. The molecule has 0 bridgehead atoms. The van der Waals surface area contributed by atoms with E-state index >= 15 is 0 Å². The average Bonchev–Trinajstić information content (AvgIpc) is 2.50. The van der Waals surface area contributed by atoms with Gasteiger partial charge in [0.15, 0.2) is 11.6 Å². The number of ether oxygens (including phenoxy) is 2. The van der Waals surface area contributed by atoms with E-state index in [-0.39, 0.29) is 17.6 Å². The molecule has 0 aliphatic heterocycles. The number of rotatable bonds is 4. The van der Waals surface area contributed by atoms with Gasteiger partial charge in [-0.2, -0.15) is 4.98 Å². The lowest BCUT2D eigenvalue weighted by Crippen LogP contribution is -2.15. The molecule has 0 N–H and O–H groups in total. The van der Waals surface area contributed by atoms with E-state index < -0.39 is 12.0 Å². The lowest BCUT2D eigenvalue weighted by Gasteiger charge is -2.05. The van der Waals surface area contributed by atoms with Crippen LogP contribution in [-0.4, -0.2) is 41.5 Å². The van der Waals surface area contributed by atoms with Crippen LogP contribution in [0.1, 0.15) is 0 Å². The zero-order valence-corrected chi connectivity index (χ0v) is 13.0. The Morgan fingerprint density at radius 3 is 2.65 bits per heavy atom.